The second-order valence-corrected chi connectivity index (χ2v) is 7.21. The van der Waals surface area contributed by atoms with Gasteiger partial charge in [0, 0.05) is 0 Å². The molecule has 4 fully saturated rings. The zero-order valence-electron chi connectivity index (χ0n) is 14.6. The molecule has 10 heteroatoms. The molecule has 7 atom stereocenters. The molecular formula is C15H18F4ORf5-2. The van der Waals surface area contributed by atoms with E-state index in [1.807, 2.05) is 0 Å². The van der Waals surface area contributed by atoms with Gasteiger partial charge in [-0.25, -0.2) is 13.2 Å². The molecule has 0 aromatic heterocycles. The second kappa shape index (κ2) is 5.15. The minimum atomic E-state index is -4.80. The van der Waals surface area contributed by atoms with Crippen molar-refractivity contribution in [1.29, 1.82) is 0 Å². The van der Waals surface area contributed by atoms with Gasteiger partial charge in [-0.05, 0) is 48.6 Å². The van der Waals surface area contributed by atoms with Gasteiger partial charge < -0.3 is 5.11 Å². The van der Waals surface area contributed by atoms with Crippen LogP contribution in [0.2, 0.25) is 0 Å². The second-order valence-electron chi connectivity index (χ2n) is 7.21. The standard InChI is InChI=1S/C15H18F4O.5Rf/c16-14(6-11(20)15(17,18)19)5-9-4-10(14)13-8-2-1-7(3-8)12(9)13;;;;;/h5,7-10,12-13,20H,1-4,6H2;;;;;/q-2;;;;;. The van der Waals surface area contributed by atoms with Crippen molar-refractivity contribution in [2.24, 2.45) is 35.5 Å². The summed E-state index contributed by atoms with van der Waals surface area (Å²) >= 11 is 0. The molecule has 0 heterocycles. The molecule has 124 valence electrons. The molecule has 25 heavy (non-hydrogen) atoms. The first kappa shape index (κ1) is 22.0. The van der Waals surface area contributed by atoms with E-state index < -0.39 is 24.4 Å². The Bertz CT molecular complexity index is 441. The van der Waals surface area contributed by atoms with Gasteiger partial charge >= 0.3 is 0 Å². The van der Waals surface area contributed by atoms with Crippen LogP contribution in [0.4, 0.5) is 17.6 Å². The summed E-state index contributed by atoms with van der Waals surface area (Å²) in [7, 11) is 0. The van der Waals surface area contributed by atoms with Crippen LogP contribution in [0.3, 0.4) is 0 Å². The molecule has 0 aliphatic heterocycles. The van der Waals surface area contributed by atoms with Crippen LogP contribution in [-0.4, -0.2) is 17.0 Å². The molecule has 0 spiro atoms. The molecule has 4 aliphatic rings. The third-order valence-corrected chi connectivity index (χ3v) is 6.41. The van der Waals surface area contributed by atoms with Crippen LogP contribution in [0.15, 0.2) is 0 Å². The monoisotopic (exact) mass is 1630 g/mol. The van der Waals surface area contributed by atoms with Gasteiger partial charge in [0.15, 0.2) is 0 Å². The maximum absolute atomic E-state index is 15.0. The summed E-state index contributed by atoms with van der Waals surface area (Å²) < 4.78 is 52.4. The van der Waals surface area contributed by atoms with E-state index in [4.69, 9.17) is 5.11 Å². The van der Waals surface area contributed by atoms with Crippen molar-refractivity contribution in [2.75, 3.05) is 0 Å². The number of aliphatic hydroxyl groups excluding tert-OH is 1. The molecule has 7 unspecified atom stereocenters. The summed E-state index contributed by atoms with van der Waals surface area (Å²) in [5.41, 5.74) is -1.95. The van der Waals surface area contributed by atoms with Crippen molar-refractivity contribution < 1.29 is 22.7 Å². The summed E-state index contributed by atoms with van der Waals surface area (Å²) in [5, 5.41) is 9.14. The van der Waals surface area contributed by atoms with Gasteiger partial charge in [0.25, 0.3) is 6.18 Å². The first-order chi connectivity index (χ1) is 9.29. The number of aliphatic hydroxyl groups is 1. The fourth-order valence-corrected chi connectivity index (χ4v) is 5.94. The summed E-state index contributed by atoms with van der Waals surface area (Å²) in [6.45, 7) is 0. The Labute approximate surface area is 115 Å². The Morgan fingerprint density at radius 2 is 1.48 bits per heavy atom. The average Bonchev–Trinajstić information content (AvgIpc) is 3.02. The molecule has 4 aliphatic carbocycles. The summed E-state index contributed by atoms with van der Waals surface area (Å²) in [5.74, 6) is 1.77. The molecular weight excluding hydrogens is 1610 g/mol. The molecule has 4 rings (SSSR count). The fourth-order valence-electron chi connectivity index (χ4n) is 5.94. The van der Waals surface area contributed by atoms with Crippen molar-refractivity contribution in [3.63, 3.8) is 0 Å². The van der Waals surface area contributed by atoms with E-state index in [0.29, 0.717) is 24.2 Å². The fraction of sp³-hybridized carbons (Fsp3) is 0.867. The maximum Gasteiger partial charge on any atom is 0.294 e. The van der Waals surface area contributed by atoms with Crippen molar-refractivity contribution >= 4 is 0 Å². The molecule has 0 radical (unpaired) electrons. The topological polar surface area (TPSA) is 20.2 Å². The third kappa shape index (κ3) is 2.11. The van der Waals surface area contributed by atoms with Crippen molar-refractivity contribution in [3.05, 3.63) is 12.5 Å². The summed E-state index contributed by atoms with van der Waals surface area (Å²) in [6.07, 6.45) is -1.71. The van der Waals surface area contributed by atoms with E-state index in [1.54, 1.807) is 0 Å². The third-order valence-electron chi connectivity index (χ3n) is 6.41. The molecule has 0 amide bonds. The van der Waals surface area contributed by atoms with Crippen LogP contribution in [0.25, 0.3) is 0 Å². The first-order valence-electron chi connectivity index (χ1n) is 7.46. The Kier molecular flexibility index (Phi) is 4.52. The number of halogens is 4. The number of hydrogen-bond acceptors (Lipinski definition) is 1. The SMILES string of the molecule is O[C-](CC1(F)[CH-]C2CC1C1C3CCC(C3)C21)C(F)(F)F.[Rf].[Rf].[Rf].[Rf].[Rf]. The Balaban J connectivity index is 0. The smallest absolute Gasteiger partial charge is 0.294 e. The van der Waals surface area contributed by atoms with Crippen LogP contribution in [0, 0.1) is 48.0 Å². The van der Waals surface area contributed by atoms with E-state index in [2.05, 4.69) is 0 Å². The number of alkyl halides is 4. The zero-order chi connectivity index (χ0) is 14.3. The molecule has 0 saturated heterocycles. The van der Waals surface area contributed by atoms with Gasteiger partial charge in [-0.15, -0.1) is 6.42 Å². The molecule has 0 aromatic rings. The predicted octanol–water partition coefficient (Wildman–Crippen LogP) is 4.07. The predicted molar refractivity (Wildman–Crippen MR) is 63.4 cm³/mol. The Morgan fingerprint density at radius 1 is 0.960 bits per heavy atom. The van der Waals surface area contributed by atoms with Crippen LogP contribution in [0.1, 0.15) is 32.1 Å². The Hall–Kier alpha value is -5.32. The van der Waals surface area contributed by atoms with Gasteiger partial charge in [-0.3, -0.25) is 10.8 Å². The quantitative estimate of drug-likeness (QED) is 0.252. The zero-order valence-corrected chi connectivity index (χ0v) is 46.6. The van der Waals surface area contributed by atoms with Crippen molar-refractivity contribution in [1.82, 2.24) is 0 Å². The number of fused-ring (bicyclic) bond motifs is 9. The molecule has 4 saturated carbocycles. The van der Waals surface area contributed by atoms with Gasteiger partial charge in [0.2, 0.25) is 0 Å². The van der Waals surface area contributed by atoms with Crippen LogP contribution >= 0.6 is 0 Å². The van der Waals surface area contributed by atoms with Crippen molar-refractivity contribution in [3.8, 4) is 0 Å². The molecule has 4 bridgehead atoms. The minimum Gasteiger partial charge on any atom is -0.554 e. The average molecular weight is 1630 g/mol. The van der Waals surface area contributed by atoms with Crippen molar-refractivity contribution in [2.45, 2.75) is 43.9 Å². The minimum absolute atomic E-state index is 0. The normalized spacial score (nSPS) is 42.5. The number of hydrogen-bond donors (Lipinski definition) is 1. The Morgan fingerprint density at radius 3 is 2.00 bits per heavy atom. The van der Waals surface area contributed by atoms with Gasteiger partial charge in [0.1, 0.15) is 0 Å². The first-order valence-corrected chi connectivity index (χ1v) is 7.46. The summed E-state index contributed by atoms with van der Waals surface area (Å²) in [6, 6.07) is 0. The van der Waals surface area contributed by atoms with E-state index in [-0.39, 0.29) is 17.8 Å². The molecule has 1 nitrogen and oxygen atoms in total. The van der Waals surface area contributed by atoms with E-state index in [9.17, 15) is 13.2 Å². The maximum atomic E-state index is 15.0. The van der Waals surface area contributed by atoms with Gasteiger partial charge in [0.05, 0.1) is 0 Å². The van der Waals surface area contributed by atoms with Crippen LogP contribution < -0.4 is 0 Å². The van der Waals surface area contributed by atoms with Gasteiger partial charge in [-0.1, -0.05) is 18.4 Å². The van der Waals surface area contributed by atoms with Gasteiger partial charge in [-0.2, -0.15) is 5.92 Å². The van der Waals surface area contributed by atoms with E-state index in [1.165, 1.54) is 12.8 Å². The van der Waals surface area contributed by atoms with E-state index >= 15 is 4.39 Å². The largest absolute Gasteiger partial charge is 0.554 e. The molecule has 0 aromatic carbocycles. The van der Waals surface area contributed by atoms with E-state index in [0.717, 1.165) is 12.8 Å². The summed E-state index contributed by atoms with van der Waals surface area (Å²) in [4.78, 5) is 0. The van der Waals surface area contributed by atoms with Crippen LogP contribution in [0.5, 0.6) is 0 Å². The van der Waals surface area contributed by atoms with Crippen LogP contribution in [-0.2, 0) is 0 Å². The number of rotatable bonds is 2. The molecule has 1 N–H and O–H groups in total.